The maximum Gasteiger partial charge on any atom is 0.227 e. The van der Waals surface area contributed by atoms with Crippen molar-refractivity contribution in [3.8, 4) is 0 Å². The monoisotopic (exact) mass is 319 g/mol. The highest BCUT2D eigenvalue weighted by atomic mass is 16.2. The molecular formula is C20H21N3O. The van der Waals surface area contributed by atoms with Gasteiger partial charge in [0, 0.05) is 36.3 Å². The number of carbonyl (C=O) groups excluding carboxylic acids is 1. The molecule has 4 heteroatoms. The lowest BCUT2D eigenvalue weighted by Crippen LogP contribution is -2.37. The van der Waals surface area contributed by atoms with Gasteiger partial charge < -0.3 is 4.90 Å². The molecule has 0 saturated carbocycles. The summed E-state index contributed by atoms with van der Waals surface area (Å²) in [6.45, 7) is 8.87. The Morgan fingerprint density at radius 1 is 1.29 bits per heavy atom. The molecule has 0 saturated heterocycles. The fourth-order valence-electron chi connectivity index (χ4n) is 3.00. The van der Waals surface area contributed by atoms with Crippen LogP contribution in [0.1, 0.15) is 22.5 Å². The van der Waals surface area contributed by atoms with E-state index in [1.165, 1.54) is 0 Å². The highest BCUT2D eigenvalue weighted by molar-refractivity contribution is 5.80. The fourth-order valence-corrected chi connectivity index (χ4v) is 3.00. The average Bonchev–Trinajstić information content (AvgIpc) is 3.03. The number of nitrogens with zero attached hydrogens (tertiary/aromatic N) is 2. The van der Waals surface area contributed by atoms with E-state index in [0.717, 1.165) is 41.1 Å². The smallest absolute Gasteiger partial charge is 0.227 e. The molecule has 1 aromatic carbocycles. The molecule has 0 unspecified atom stereocenters. The van der Waals surface area contributed by atoms with Gasteiger partial charge in [-0.05, 0) is 5.56 Å². The first-order valence-electron chi connectivity index (χ1n) is 8.06. The first-order chi connectivity index (χ1) is 11.7. The van der Waals surface area contributed by atoms with Crippen molar-refractivity contribution in [2.45, 2.75) is 19.4 Å². The van der Waals surface area contributed by atoms with Crippen LogP contribution < -0.4 is 0 Å². The molecule has 1 aliphatic rings. The van der Waals surface area contributed by atoms with Crippen molar-refractivity contribution < 1.29 is 4.79 Å². The van der Waals surface area contributed by atoms with Crippen LogP contribution in [-0.4, -0.2) is 27.5 Å². The van der Waals surface area contributed by atoms with Gasteiger partial charge >= 0.3 is 0 Å². The lowest BCUT2D eigenvalue weighted by atomic mass is 10.00. The summed E-state index contributed by atoms with van der Waals surface area (Å²) in [5.74, 6) is 0.145. The molecule has 122 valence electrons. The van der Waals surface area contributed by atoms with Crippen molar-refractivity contribution in [2.75, 3.05) is 6.54 Å². The highest BCUT2D eigenvalue weighted by Gasteiger charge is 2.25. The van der Waals surface area contributed by atoms with Crippen LogP contribution >= 0.6 is 0 Å². The number of amides is 1. The number of aromatic nitrogens is 2. The number of benzene rings is 1. The Balaban J connectivity index is 1.79. The molecular weight excluding hydrogens is 298 g/mol. The Morgan fingerprint density at radius 3 is 2.79 bits per heavy atom. The Bertz CT molecular complexity index is 786. The number of nitrogens with one attached hydrogen (secondary N) is 1. The lowest BCUT2D eigenvalue weighted by molar-refractivity contribution is -0.131. The Morgan fingerprint density at radius 2 is 2.08 bits per heavy atom. The Kier molecular flexibility index (Phi) is 4.75. The van der Waals surface area contributed by atoms with E-state index < -0.39 is 0 Å². The zero-order chi connectivity index (χ0) is 16.9. The summed E-state index contributed by atoms with van der Waals surface area (Å²) in [5, 5.41) is 7.51. The van der Waals surface area contributed by atoms with Gasteiger partial charge in [0.05, 0.1) is 12.1 Å². The molecule has 0 spiro atoms. The minimum absolute atomic E-state index is 0.145. The topological polar surface area (TPSA) is 49.0 Å². The van der Waals surface area contributed by atoms with Gasteiger partial charge in [-0.15, -0.1) is 0 Å². The average molecular weight is 319 g/mol. The largest absolute Gasteiger partial charge is 0.338 e. The van der Waals surface area contributed by atoms with E-state index in [-0.39, 0.29) is 5.91 Å². The normalized spacial score (nSPS) is 14.2. The van der Waals surface area contributed by atoms with Crippen LogP contribution in [0.3, 0.4) is 0 Å². The maximum atomic E-state index is 12.6. The number of rotatable bonds is 5. The second-order valence-corrected chi connectivity index (χ2v) is 5.82. The Labute approximate surface area is 142 Å². The first-order valence-corrected chi connectivity index (χ1v) is 8.06. The van der Waals surface area contributed by atoms with Gasteiger partial charge in [0.15, 0.2) is 0 Å². The summed E-state index contributed by atoms with van der Waals surface area (Å²) in [5.41, 5.74) is 5.00. The number of aromatic amines is 1. The van der Waals surface area contributed by atoms with Crippen molar-refractivity contribution in [2.24, 2.45) is 0 Å². The predicted octanol–water partition coefficient (Wildman–Crippen LogP) is 3.29. The minimum Gasteiger partial charge on any atom is -0.338 e. The summed E-state index contributed by atoms with van der Waals surface area (Å²) in [6, 6.07) is 9.85. The van der Waals surface area contributed by atoms with E-state index in [4.69, 9.17) is 0 Å². The van der Waals surface area contributed by atoms with E-state index in [9.17, 15) is 4.79 Å². The second kappa shape index (κ2) is 7.13. The second-order valence-electron chi connectivity index (χ2n) is 5.82. The molecule has 4 nitrogen and oxygen atoms in total. The highest BCUT2D eigenvalue weighted by Crippen LogP contribution is 2.26. The number of allylic oxidation sites excluding steroid dienone is 4. The zero-order valence-corrected chi connectivity index (χ0v) is 13.7. The van der Waals surface area contributed by atoms with Gasteiger partial charge in [0.1, 0.15) is 0 Å². The van der Waals surface area contributed by atoms with E-state index in [0.29, 0.717) is 13.0 Å². The van der Waals surface area contributed by atoms with Crippen LogP contribution in [0.2, 0.25) is 0 Å². The molecule has 1 aliphatic heterocycles. The van der Waals surface area contributed by atoms with Crippen molar-refractivity contribution in [1.29, 1.82) is 0 Å². The van der Waals surface area contributed by atoms with Gasteiger partial charge in [-0.2, -0.15) is 5.10 Å². The molecule has 2 heterocycles. The maximum absolute atomic E-state index is 12.6. The van der Waals surface area contributed by atoms with E-state index in [1.807, 2.05) is 41.3 Å². The molecule has 0 bridgehead atoms. The molecule has 1 amide bonds. The minimum atomic E-state index is 0.145. The molecule has 24 heavy (non-hydrogen) atoms. The summed E-state index contributed by atoms with van der Waals surface area (Å²) < 4.78 is 0. The molecule has 3 rings (SSSR count). The molecule has 2 aromatic rings. The number of hydrogen-bond acceptors (Lipinski definition) is 2. The molecule has 1 aromatic heterocycles. The van der Waals surface area contributed by atoms with E-state index in [2.05, 4.69) is 23.4 Å². The SMILES string of the molecule is C=C/C=C(\C=C)c1n[nH]c2c1CN(C(=O)Cc1ccccc1)CC2. The molecule has 1 N–H and O–H groups in total. The van der Waals surface area contributed by atoms with E-state index in [1.54, 1.807) is 12.2 Å². The van der Waals surface area contributed by atoms with Crippen LogP contribution in [-0.2, 0) is 24.2 Å². The third-order valence-corrected chi connectivity index (χ3v) is 4.28. The Hall–Kier alpha value is -2.88. The quantitative estimate of drug-likeness (QED) is 0.860. The summed E-state index contributed by atoms with van der Waals surface area (Å²) in [4.78, 5) is 14.5. The van der Waals surface area contributed by atoms with Crippen molar-refractivity contribution in [1.82, 2.24) is 15.1 Å². The number of hydrogen-bond donors (Lipinski definition) is 1. The van der Waals surface area contributed by atoms with Gasteiger partial charge in [-0.25, -0.2) is 0 Å². The van der Waals surface area contributed by atoms with Crippen molar-refractivity contribution in [3.63, 3.8) is 0 Å². The summed E-state index contributed by atoms with van der Waals surface area (Å²) >= 11 is 0. The van der Waals surface area contributed by atoms with Crippen molar-refractivity contribution in [3.05, 3.63) is 84.2 Å². The predicted molar refractivity (Wildman–Crippen MR) is 96.2 cm³/mol. The van der Waals surface area contributed by atoms with Gasteiger partial charge in [-0.3, -0.25) is 9.89 Å². The van der Waals surface area contributed by atoms with E-state index >= 15 is 0 Å². The lowest BCUT2D eigenvalue weighted by Gasteiger charge is -2.27. The third kappa shape index (κ3) is 3.23. The van der Waals surface area contributed by atoms with Gasteiger partial charge in [0.25, 0.3) is 0 Å². The zero-order valence-electron chi connectivity index (χ0n) is 13.7. The molecule has 0 fully saturated rings. The summed E-state index contributed by atoms with van der Waals surface area (Å²) in [7, 11) is 0. The van der Waals surface area contributed by atoms with Crippen LogP contribution in [0.25, 0.3) is 5.57 Å². The van der Waals surface area contributed by atoms with Crippen molar-refractivity contribution >= 4 is 11.5 Å². The third-order valence-electron chi connectivity index (χ3n) is 4.28. The fraction of sp³-hybridized carbons (Fsp3) is 0.200. The number of carbonyl (C=O) groups is 1. The number of H-pyrrole nitrogens is 1. The molecule has 0 radical (unpaired) electrons. The van der Waals surface area contributed by atoms with Crippen LogP contribution in [0.5, 0.6) is 0 Å². The van der Waals surface area contributed by atoms with Crippen LogP contribution in [0.15, 0.2) is 61.7 Å². The first kappa shape index (κ1) is 16.0. The standard InChI is InChI=1S/C20H21N3O/c1-3-8-16(4-2)20-17-14-23(12-11-18(17)21-22-20)19(24)13-15-9-6-5-7-10-15/h3-10H,1-2,11-14H2,(H,21,22)/b16-8+. The molecule has 0 aliphatic carbocycles. The summed E-state index contributed by atoms with van der Waals surface area (Å²) in [6.07, 6.45) is 6.60. The van der Waals surface area contributed by atoms with Gasteiger partial charge in [-0.1, -0.05) is 61.7 Å². The van der Waals surface area contributed by atoms with Gasteiger partial charge in [0.2, 0.25) is 5.91 Å². The van der Waals surface area contributed by atoms with Crippen LogP contribution in [0.4, 0.5) is 0 Å². The number of fused-ring (bicyclic) bond motifs is 1. The van der Waals surface area contributed by atoms with Crippen LogP contribution in [0, 0.1) is 0 Å². The molecule has 0 atom stereocenters.